The van der Waals surface area contributed by atoms with Crippen molar-refractivity contribution >= 4 is 5.69 Å². The van der Waals surface area contributed by atoms with E-state index in [0.29, 0.717) is 6.04 Å². The predicted molar refractivity (Wildman–Crippen MR) is 72.2 cm³/mol. The van der Waals surface area contributed by atoms with Gasteiger partial charge in [0.05, 0.1) is 0 Å². The number of nitrogen functional groups attached to an aromatic ring is 1. The Hall–Kier alpha value is -1.02. The normalized spacial score (nSPS) is 23.7. The van der Waals surface area contributed by atoms with E-state index in [0.717, 1.165) is 5.69 Å². The third kappa shape index (κ3) is 1.85. The first-order valence-corrected chi connectivity index (χ1v) is 6.91. The van der Waals surface area contributed by atoms with Crippen molar-refractivity contribution in [1.29, 1.82) is 0 Å². The topological polar surface area (TPSA) is 38.0 Å². The van der Waals surface area contributed by atoms with Crippen LogP contribution in [0.5, 0.6) is 0 Å². The molecule has 3 rings (SSSR count). The summed E-state index contributed by atoms with van der Waals surface area (Å²) in [5, 5.41) is 3.63. The van der Waals surface area contributed by atoms with Gasteiger partial charge in [0.1, 0.15) is 0 Å². The molecule has 1 fully saturated rings. The molecule has 0 saturated carbocycles. The fourth-order valence-electron chi connectivity index (χ4n) is 3.42. The van der Waals surface area contributed by atoms with E-state index < -0.39 is 0 Å². The molecule has 1 heterocycles. The van der Waals surface area contributed by atoms with Crippen molar-refractivity contribution in [2.24, 2.45) is 0 Å². The molecule has 1 aromatic carbocycles. The molecular formula is C15H22N2. The summed E-state index contributed by atoms with van der Waals surface area (Å²) < 4.78 is 0. The van der Waals surface area contributed by atoms with E-state index >= 15 is 0 Å². The molecular weight excluding hydrogens is 208 g/mol. The molecule has 92 valence electrons. The first-order valence-electron chi connectivity index (χ1n) is 6.91. The van der Waals surface area contributed by atoms with Gasteiger partial charge in [0, 0.05) is 11.7 Å². The number of anilines is 1. The minimum Gasteiger partial charge on any atom is -0.398 e. The van der Waals surface area contributed by atoms with E-state index in [1.807, 2.05) is 0 Å². The zero-order valence-electron chi connectivity index (χ0n) is 10.7. The van der Waals surface area contributed by atoms with Gasteiger partial charge in [-0.3, -0.25) is 0 Å². The van der Waals surface area contributed by atoms with Gasteiger partial charge in [-0.25, -0.2) is 0 Å². The second-order valence-corrected chi connectivity index (χ2v) is 5.51. The number of hydrogen-bond acceptors (Lipinski definition) is 2. The van der Waals surface area contributed by atoms with Gasteiger partial charge in [-0.05, 0) is 74.2 Å². The molecule has 1 saturated heterocycles. The maximum absolute atomic E-state index is 6.25. The summed E-state index contributed by atoms with van der Waals surface area (Å²) in [5.74, 6) is 0. The molecule has 0 unspecified atom stereocenters. The Labute approximate surface area is 104 Å². The summed E-state index contributed by atoms with van der Waals surface area (Å²) in [7, 11) is 0. The summed E-state index contributed by atoms with van der Waals surface area (Å²) >= 11 is 0. The Balaban J connectivity index is 2.10. The highest BCUT2D eigenvalue weighted by molar-refractivity contribution is 5.60. The van der Waals surface area contributed by atoms with Crippen LogP contribution in [0.1, 0.15) is 54.0 Å². The Morgan fingerprint density at radius 3 is 2.65 bits per heavy atom. The summed E-state index contributed by atoms with van der Waals surface area (Å²) in [6.45, 7) is 3.32. The van der Waals surface area contributed by atoms with Crippen molar-refractivity contribution in [3.05, 3.63) is 28.3 Å². The van der Waals surface area contributed by atoms with E-state index in [2.05, 4.69) is 18.3 Å². The van der Waals surface area contributed by atoms with Crippen molar-refractivity contribution in [1.82, 2.24) is 5.32 Å². The minimum absolute atomic E-state index is 0.584. The van der Waals surface area contributed by atoms with Gasteiger partial charge in [0.25, 0.3) is 0 Å². The summed E-state index contributed by atoms with van der Waals surface area (Å²) in [6, 6.07) is 2.92. The van der Waals surface area contributed by atoms with Crippen LogP contribution in [0.15, 0.2) is 6.07 Å². The molecule has 2 aliphatic rings. The van der Waals surface area contributed by atoms with Gasteiger partial charge < -0.3 is 11.1 Å². The fraction of sp³-hybridized carbons (Fsp3) is 0.600. The van der Waals surface area contributed by atoms with Crippen molar-refractivity contribution in [2.75, 3.05) is 12.3 Å². The average molecular weight is 230 g/mol. The van der Waals surface area contributed by atoms with Crippen LogP contribution in [0.25, 0.3) is 0 Å². The molecule has 0 spiro atoms. The van der Waals surface area contributed by atoms with Crippen LogP contribution >= 0.6 is 0 Å². The number of rotatable bonds is 1. The lowest BCUT2D eigenvalue weighted by molar-refractivity contribution is 0.616. The Morgan fingerprint density at radius 2 is 1.94 bits per heavy atom. The molecule has 0 radical (unpaired) electrons. The van der Waals surface area contributed by atoms with E-state index in [1.165, 1.54) is 56.2 Å². The Kier molecular flexibility index (Phi) is 2.83. The predicted octanol–water partition coefficient (Wildman–Crippen LogP) is 2.88. The first-order chi connectivity index (χ1) is 8.27. The SMILES string of the molecule is Cc1cc([C@@H]2CCCN2)c2c(c1N)CCCC2. The largest absolute Gasteiger partial charge is 0.398 e. The minimum atomic E-state index is 0.584. The number of hydrogen-bond donors (Lipinski definition) is 2. The highest BCUT2D eigenvalue weighted by Crippen LogP contribution is 2.36. The van der Waals surface area contributed by atoms with Gasteiger partial charge in [-0.2, -0.15) is 0 Å². The van der Waals surface area contributed by atoms with Crippen molar-refractivity contribution < 1.29 is 0 Å². The van der Waals surface area contributed by atoms with Gasteiger partial charge in [-0.1, -0.05) is 6.07 Å². The molecule has 17 heavy (non-hydrogen) atoms. The van der Waals surface area contributed by atoms with Gasteiger partial charge >= 0.3 is 0 Å². The lowest BCUT2D eigenvalue weighted by atomic mass is 9.83. The highest BCUT2D eigenvalue weighted by atomic mass is 14.9. The third-order valence-electron chi connectivity index (χ3n) is 4.37. The maximum Gasteiger partial charge on any atom is 0.0379 e. The van der Waals surface area contributed by atoms with E-state index in [9.17, 15) is 0 Å². The smallest absolute Gasteiger partial charge is 0.0379 e. The second-order valence-electron chi connectivity index (χ2n) is 5.51. The van der Waals surface area contributed by atoms with E-state index in [-0.39, 0.29) is 0 Å². The molecule has 1 aliphatic heterocycles. The summed E-state index contributed by atoms with van der Waals surface area (Å²) in [6.07, 6.45) is 7.64. The number of fused-ring (bicyclic) bond motifs is 1. The fourth-order valence-corrected chi connectivity index (χ4v) is 3.42. The quantitative estimate of drug-likeness (QED) is 0.728. The molecule has 2 heteroatoms. The van der Waals surface area contributed by atoms with Crippen molar-refractivity contribution in [3.63, 3.8) is 0 Å². The van der Waals surface area contributed by atoms with E-state index in [4.69, 9.17) is 5.73 Å². The van der Waals surface area contributed by atoms with Crippen LogP contribution < -0.4 is 11.1 Å². The van der Waals surface area contributed by atoms with Crippen LogP contribution in [0.4, 0.5) is 5.69 Å². The number of nitrogens with two attached hydrogens (primary N) is 1. The first kappa shape index (κ1) is 11.1. The van der Waals surface area contributed by atoms with Crippen LogP contribution in [-0.2, 0) is 12.8 Å². The molecule has 1 atom stereocenters. The summed E-state index contributed by atoms with van der Waals surface area (Å²) in [5.41, 5.74) is 13.2. The average Bonchev–Trinajstić information content (AvgIpc) is 2.87. The molecule has 1 aliphatic carbocycles. The third-order valence-corrected chi connectivity index (χ3v) is 4.37. The molecule has 3 N–H and O–H groups in total. The highest BCUT2D eigenvalue weighted by Gasteiger charge is 2.24. The molecule has 0 amide bonds. The van der Waals surface area contributed by atoms with Crippen molar-refractivity contribution in [3.8, 4) is 0 Å². The van der Waals surface area contributed by atoms with E-state index in [1.54, 1.807) is 11.1 Å². The van der Waals surface area contributed by atoms with Gasteiger partial charge in [0.2, 0.25) is 0 Å². The lowest BCUT2D eigenvalue weighted by Gasteiger charge is -2.25. The number of benzene rings is 1. The Morgan fingerprint density at radius 1 is 1.18 bits per heavy atom. The molecule has 0 bridgehead atoms. The van der Waals surface area contributed by atoms with Crippen molar-refractivity contribution in [2.45, 2.75) is 51.5 Å². The summed E-state index contributed by atoms with van der Waals surface area (Å²) in [4.78, 5) is 0. The Bertz CT molecular complexity index is 431. The second kappa shape index (κ2) is 4.34. The van der Waals surface area contributed by atoms with Gasteiger partial charge in [-0.15, -0.1) is 0 Å². The standard InChI is InChI=1S/C15H22N2/c1-10-9-13(14-7-4-8-17-14)11-5-2-3-6-12(11)15(10)16/h9,14,17H,2-8,16H2,1H3/t14-/m0/s1. The molecule has 1 aromatic rings. The zero-order chi connectivity index (χ0) is 11.8. The molecule has 0 aromatic heterocycles. The maximum atomic E-state index is 6.25. The van der Waals surface area contributed by atoms with Crippen LogP contribution in [0, 0.1) is 6.92 Å². The lowest BCUT2D eigenvalue weighted by Crippen LogP contribution is -2.18. The molecule has 2 nitrogen and oxygen atoms in total. The number of nitrogens with one attached hydrogen (secondary N) is 1. The van der Waals surface area contributed by atoms with Crippen LogP contribution in [-0.4, -0.2) is 6.54 Å². The zero-order valence-corrected chi connectivity index (χ0v) is 10.7. The number of aryl methyl sites for hydroxylation is 1. The monoisotopic (exact) mass is 230 g/mol. The van der Waals surface area contributed by atoms with Gasteiger partial charge in [0.15, 0.2) is 0 Å². The van der Waals surface area contributed by atoms with Crippen LogP contribution in [0.2, 0.25) is 0 Å². The van der Waals surface area contributed by atoms with Crippen LogP contribution in [0.3, 0.4) is 0 Å².